The largest absolute Gasteiger partial charge is 0.372 e. The summed E-state index contributed by atoms with van der Waals surface area (Å²) in [5.41, 5.74) is 7.67. The molecule has 0 spiro atoms. The molecule has 0 bridgehead atoms. The molecule has 0 saturated carbocycles. The number of benzene rings is 1. The van der Waals surface area contributed by atoms with E-state index in [-0.39, 0.29) is 18.0 Å². The highest BCUT2D eigenvalue weighted by Gasteiger charge is 2.23. The third-order valence-corrected chi connectivity index (χ3v) is 3.22. The van der Waals surface area contributed by atoms with Crippen molar-refractivity contribution in [3.05, 3.63) is 29.6 Å². The zero-order valence-corrected chi connectivity index (χ0v) is 11.0. The first kappa shape index (κ1) is 13.3. The standard InChI is InChI=1S/C14H21FN2O/c1-10-8-17(9-11(2)18-10)14-4-3-13(15)7-12(14)5-6-16/h3-4,7,10-11H,5-6,8-9,16H2,1-2H3. The van der Waals surface area contributed by atoms with E-state index in [1.54, 1.807) is 6.07 Å². The number of nitrogens with two attached hydrogens (primary N) is 1. The monoisotopic (exact) mass is 252 g/mol. The highest BCUT2D eigenvalue weighted by atomic mass is 19.1. The average molecular weight is 252 g/mol. The Hall–Kier alpha value is -1.13. The van der Waals surface area contributed by atoms with Gasteiger partial charge >= 0.3 is 0 Å². The lowest BCUT2D eigenvalue weighted by Gasteiger charge is -2.37. The van der Waals surface area contributed by atoms with E-state index in [1.165, 1.54) is 6.07 Å². The van der Waals surface area contributed by atoms with Crippen LogP contribution in [0.25, 0.3) is 0 Å². The van der Waals surface area contributed by atoms with E-state index in [0.717, 1.165) is 24.3 Å². The second-order valence-electron chi connectivity index (χ2n) is 4.97. The van der Waals surface area contributed by atoms with Crippen molar-refractivity contribution < 1.29 is 9.13 Å². The molecule has 100 valence electrons. The van der Waals surface area contributed by atoms with E-state index >= 15 is 0 Å². The Morgan fingerprint density at radius 2 is 2.00 bits per heavy atom. The topological polar surface area (TPSA) is 38.5 Å². The van der Waals surface area contributed by atoms with Crippen LogP contribution in [0.1, 0.15) is 19.4 Å². The molecule has 0 amide bonds. The molecule has 18 heavy (non-hydrogen) atoms. The summed E-state index contributed by atoms with van der Waals surface area (Å²) in [7, 11) is 0. The van der Waals surface area contributed by atoms with Crippen LogP contribution in [0, 0.1) is 5.82 Å². The maximum atomic E-state index is 13.3. The maximum Gasteiger partial charge on any atom is 0.123 e. The van der Waals surface area contributed by atoms with Gasteiger partial charge in [-0.25, -0.2) is 4.39 Å². The minimum Gasteiger partial charge on any atom is -0.372 e. The van der Waals surface area contributed by atoms with Crippen LogP contribution in [0.5, 0.6) is 0 Å². The van der Waals surface area contributed by atoms with Gasteiger partial charge in [-0.15, -0.1) is 0 Å². The summed E-state index contributed by atoms with van der Waals surface area (Å²) in [4.78, 5) is 2.27. The van der Waals surface area contributed by atoms with Gasteiger partial charge in [0.2, 0.25) is 0 Å². The lowest BCUT2D eigenvalue weighted by Crippen LogP contribution is -2.45. The molecular weight excluding hydrogens is 231 g/mol. The van der Waals surface area contributed by atoms with Gasteiger partial charge < -0.3 is 15.4 Å². The lowest BCUT2D eigenvalue weighted by molar-refractivity contribution is -0.00526. The highest BCUT2D eigenvalue weighted by molar-refractivity contribution is 5.54. The van der Waals surface area contributed by atoms with Crippen molar-refractivity contribution in [3.8, 4) is 0 Å². The van der Waals surface area contributed by atoms with E-state index in [0.29, 0.717) is 13.0 Å². The van der Waals surface area contributed by atoms with Crippen molar-refractivity contribution >= 4 is 5.69 Å². The molecule has 0 aliphatic carbocycles. The van der Waals surface area contributed by atoms with Crippen molar-refractivity contribution in [1.29, 1.82) is 0 Å². The quantitative estimate of drug-likeness (QED) is 0.893. The summed E-state index contributed by atoms with van der Waals surface area (Å²) in [6, 6.07) is 4.96. The minimum absolute atomic E-state index is 0.198. The van der Waals surface area contributed by atoms with Crippen molar-refractivity contribution in [3.63, 3.8) is 0 Å². The van der Waals surface area contributed by atoms with Crippen LogP contribution in [-0.2, 0) is 11.2 Å². The zero-order chi connectivity index (χ0) is 13.1. The van der Waals surface area contributed by atoms with Gasteiger partial charge in [0.25, 0.3) is 0 Å². The van der Waals surface area contributed by atoms with Gasteiger partial charge in [-0.2, -0.15) is 0 Å². The first-order valence-electron chi connectivity index (χ1n) is 6.49. The third kappa shape index (κ3) is 3.00. The molecule has 4 heteroatoms. The SMILES string of the molecule is CC1CN(c2ccc(F)cc2CCN)CC(C)O1. The minimum atomic E-state index is -0.198. The van der Waals surface area contributed by atoms with Crippen molar-refractivity contribution in [1.82, 2.24) is 0 Å². The van der Waals surface area contributed by atoms with Crippen LogP contribution in [0.4, 0.5) is 10.1 Å². The molecule has 0 radical (unpaired) electrons. The Morgan fingerprint density at radius 3 is 2.61 bits per heavy atom. The Balaban J connectivity index is 2.25. The van der Waals surface area contributed by atoms with Crippen LogP contribution >= 0.6 is 0 Å². The maximum absolute atomic E-state index is 13.3. The van der Waals surface area contributed by atoms with Crippen LogP contribution in [0.2, 0.25) is 0 Å². The summed E-state index contributed by atoms with van der Waals surface area (Å²) in [6.07, 6.45) is 1.10. The molecular formula is C14H21FN2O. The third-order valence-electron chi connectivity index (χ3n) is 3.22. The van der Waals surface area contributed by atoms with E-state index in [2.05, 4.69) is 18.7 Å². The summed E-state index contributed by atoms with van der Waals surface area (Å²) >= 11 is 0. The predicted molar refractivity (Wildman–Crippen MR) is 71.4 cm³/mol. The Morgan fingerprint density at radius 1 is 1.33 bits per heavy atom. The summed E-state index contributed by atoms with van der Waals surface area (Å²) in [5.74, 6) is -0.198. The molecule has 2 atom stereocenters. The fourth-order valence-corrected chi connectivity index (χ4v) is 2.59. The summed E-state index contributed by atoms with van der Waals surface area (Å²) < 4.78 is 19.0. The fourth-order valence-electron chi connectivity index (χ4n) is 2.59. The highest BCUT2D eigenvalue weighted by Crippen LogP contribution is 2.25. The molecule has 3 nitrogen and oxygen atoms in total. The van der Waals surface area contributed by atoms with Gasteiger partial charge in [-0.1, -0.05) is 0 Å². The van der Waals surface area contributed by atoms with Crippen molar-refractivity contribution in [2.24, 2.45) is 5.73 Å². The molecule has 1 aliphatic heterocycles. The van der Waals surface area contributed by atoms with Gasteiger partial charge in [0.1, 0.15) is 5.82 Å². The molecule has 0 aromatic heterocycles. The van der Waals surface area contributed by atoms with Crippen LogP contribution in [0.3, 0.4) is 0 Å². The number of hydrogen-bond acceptors (Lipinski definition) is 3. The van der Waals surface area contributed by atoms with Crippen LogP contribution in [0.15, 0.2) is 18.2 Å². The lowest BCUT2D eigenvalue weighted by atomic mass is 10.1. The van der Waals surface area contributed by atoms with E-state index in [1.807, 2.05) is 6.07 Å². The Kier molecular flexibility index (Phi) is 4.19. The molecule has 1 heterocycles. The molecule has 2 rings (SSSR count). The number of ether oxygens (including phenoxy) is 1. The number of rotatable bonds is 3. The van der Waals surface area contributed by atoms with Gasteiger partial charge in [0.05, 0.1) is 12.2 Å². The van der Waals surface area contributed by atoms with Gasteiger partial charge in [-0.05, 0) is 50.6 Å². The fraction of sp³-hybridized carbons (Fsp3) is 0.571. The van der Waals surface area contributed by atoms with Crippen LogP contribution in [-0.4, -0.2) is 31.8 Å². The van der Waals surface area contributed by atoms with Gasteiger partial charge in [0, 0.05) is 18.8 Å². The Bertz CT molecular complexity index is 401. The number of morpholine rings is 1. The number of anilines is 1. The second kappa shape index (κ2) is 5.67. The average Bonchev–Trinajstić information content (AvgIpc) is 2.28. The first-order chi connectivity index (χ1) is 8.60. The summed E-state index contributed by atoms with van der Waals surface area (Å²) in [5, 5.41) is 0. The van der Waals surface area contributed by atoms with Gasteiger partial charge in [0.15, 0.2) is 0 Å². The second-order valence-corrected chi connectivity index (χ2v) is 4.97. The molecule has 1 aliphatic rings. The number of halogens is 1. The predicted octanol–water partition coefficient (Wildman–Crippen LogP) is 1.94. The molecule has 2 unspecified atom stereocenters. The summed E-state index contributed by atoms with van der Waals surface area (Å²) in [6.45, 7) is 6.34. The molecule has 1 fully saturated rings. The molecule has 1 saturated heterocycles. The number of nitrogens with zero attached hydrogens (tertiary/aromatic N) is 1. The molecule has 1 aromatic carbocycles. The number of hydrogen-bond donors (Lipinski definition) is 1. The zero-order valence-electron chi connectivity index (χ0n) is 11.0. The van der Waals surface area contributed by atoms with Crippen molar-refractivity contribution in [2.75, 3.05) is 24.5 Å². The van der Waals surface area contributed by atoms with Crippen LogP contribution < -0.4 is 10.6 Å². The normalized spacial score (nSPS) is 24.3. The van der Waals surface area contributed by atoms with Gasteiger partial charge in [-0.3, -0.25) is 0 Å². The molecule has 1 aromatic rings. The van der Waals surface area contributed by atoms with E-state index in [4.69, 9.17) is 10.5 Å². The van der Waals surface area contributed by atoms with E-state index in [9.17, 15) is 4.39 Å². The smallest absolute Gasteiger partial charge is 0.123 e. The molecule has 2 N–H and O–H groups in total. The van der Waals surface area contributed by atoms with Crippen molar-refractivity contribution in [2.45, 2.75) is 32.5 Å². The van der Waals surface area contributed by atoms with E-state index < -0.39 is 0 Å². The Labute approximate surface area is 108 Å². The first-order valence-corrected chi connectivity index (χ1v) is 6.49.